The van der Waals surface area contributed by atoms with Gasteiger partial charge in [0.2, 0.25) is 5.91 Å². The van der Waals surface area contributed by atoms with E-state index in [1.807, 2.05) is 31.2 Å². The lowest BCUT2D eigenvalue weighted by atomic mass is 10.1. The number of carbonyl (C=O) groups is 1. The standard InChI is InChI=1S/C13H20N2O2/c1-10(8-14)7-13(16)15-9-11-5-3-4-6-12(11)17-2/h3-6,10H,7-9,14H2,1-2H3,(H,15,16). The molecular weight excluding hydrogens is 216 g/mol. The van der Waals surface area contributed by atoms with E-state index in [1.54, 1.807) is 7.11 Å². The van der Waals surface area contributed by atoms with E-state index in [4.69, 9.17) is 10.5 Å². The summed E-state index contributed by atoms with van der Waals surface area (Å²) in [5.74, 6) is 1.03. The van der Waals surface area contributed by atoms with E-state index in [9.17, 15) is 4.79 Å². The number of rotatable bonds is 6. The molecule has 4 nitrogen and oxygen atoms in total. The average molecular weight is 236 g/mol. The van der Waals surface area contributed by atoms with Gasteiger partial charge in [-0.05, 0) is 18.5 Å². The Morgan fingerprint density at radius 3 is 2.82 bits per heavy atom. The first-order valence-corrected chi connectivity index (χ1v) is 5.76. The quantitative estimate of drug-likeness (QED) is 0.782. The molecule has 0 aliphatic rings. The van der Waals surface area contributed by atoms with Gasteiger partial charge in [0.25, 0.3) is 0 Å². The molecule has 0 fully saturated rings. The Morgan fingerprint density at radius 2 is 2.18 bits per heavy atom. The van der Waals surface area contributed by atoms with Crippen molar-refractivity contribution in [2.24, 2.45) is 11.7 Å². The van der Waals surface area contributed by atoms with Crippen LogP contribution < -0.4 is 15.8 Å². The third-order valence-electron chi connectivity index (χ3n) is 2.60. The summed E-state index contributed by atoms with van der Waals surface area (Å²) in [6.07, 6.45) is 0.464. The van der Waals surface area contributed by atoms with Crippen molar-refractivity contribution < 1.29 is 9.53 Å². The zero-order valence-electron chi connectivity index (χ0n) is 10.4. The van der Waals surface area contributed by atoms with E-state index in [2.05, 4.69) is 5.32 Å². The highest BCUT2D eigenvalue weighted by molar-refractivity contribution is 5.76. The first kappa shape index (κ1) is 13.5. The van der Waals surface area contributed by atoms with Gasteiger partial charge in [-0.25, -0.2) is 0 Å². The summed E-state index contributed by atoms with van der Waals surface area (Å²) in [6.45, 7) is 2.98. The number of ether oxygens (including phenoxy) is 1. The SMILES string of the molecule is COc1ccccc1CNC(=O)CC(C)CN. The van der Waals surface area contributed by atoms with Crippen molar-refractivity contribution in [2.75, 3.05) is 13.7 Å². The summed E-state index contributed by atoms with van der Waals surface area (Å²) in [5.41, 5.74) is 6.45. The summed E-state index contributed by atoms with van der Waals surface area (Å²) >= 11 is 0. The highest BCUT2D eigenvalue weighted by Gasteiger charge is 2.08. The Kier molecular flexibility index (Phi) is 5.49. The fraction of sp³-hybridized carbons (Fsp3) is 0.462. The first-order valence-electron chi connectivity index (χ1n) is 5.76. The summed E-state index contributed by atoms with van der Waals surface area (Å²) in [4.78, 5) is 11.6. The van der Waals surface area contributed by atoms with Gasteiger partial charge in [-0.3, -0.25) is 4.79 Å². The number of para-hydroxylation sites is 1. The van der Waals surface area contributed by atoms with Crippen LogP contribution in [-0.2, 0) is 11.3 Å². The molecule has 0 radical (unpaired) electrons. The zero-order valence-corrected chi connectivity index (χ0v) is 10.4. The minimum Gasteiger partial charge on any atom is -0.496 e. The van der Waals surface area contributed by atoms with Crippen molar-refractivity contribution >= 4 is 5.91 Å². The molecule has 3 N–H and O–H groups in total. The average Bonchev–Trinajstić information content (AvgIpc) is 2.36. The maximum atomic E-state index is 11.6. The topological polar surface area (TPSA) is 64.3 Å². The van der Waals surface area contributed by atoms with Gasteiger partial charge in [-0.1, -0.05) is 25.1 Å². The number of nitrogens with two attached hydrogens (primary N) is 1. The molecule has 17 heavy (non-hydrogen) atoms. The van der Waals surface area contributed by atoms with E-state index >= 15 is 0 Å². The molecule has 0 aliphatic carbocycles. The van der Waals surface area contributed by atoms with Crippen molar-refractivity contribution in [3.05, 3.63) is 29.8 Å². The number of hydrogen-bond acceptors (Lipinski definition) is 3. The van der Waals surface area contributed by atoms with E-state index in [0.717, 1.165) is 11.3 Å². The second-order valence-corrected chi connectivity index (χ2v) is 4.13. The lowest BCUT2D eigenvalue weighted by Crippen LogP contribution is -2.26. The predicted molar refractivity (Wildman–Crippen MR) is 67.7 cm³/mol. The van der Waals surface area contributed by atoms with Crippen LogP contribution in [0.4, 0.5) is 0 Å². The number of amides is 1. The fourth-order valence-electron chi connectivity index (χ4n) is 1.51. The van der Waals surface area contributed by atoms with Gasteiger partial charge in [0, 0.05) is 18.5 Å². The van der Waals surface area contributed by atoms with Gasteiger partial charge < -0.3 is 15.8 Å². The molecule has 1 unspecified atom stereocenters. The van der Waals surface area contributed by atoms with E-state index < -0.39 is 0 Å². The van der Waals surface area contributed by atoms with Crippen LogP contribution >= 0.6 is 0 Å². The van der Waals surface area contributed by atoms with Crippen molar-refractivity contribution in [3.63, 3.8) is 0 Å². The lowest BCUT2D eigenvalue weighted by molar-refractivity contribution is -0.122. The van der Waals surface area contributed by atoms with Crippen molar-refractivity contribution in [1.29, 1.82) is 0 Å². The normalized spacial score (nSPS) is 11.9. The molecule has 0 heterocycles. The summed E-state index contributed by atoms with van der Waals surface area (Å²) in [7, 11) is 1.62. The lowest BCUT2D eigenvalue weighted by Gasteiger charge is -2.11. The molecule has 0 saturated carbocycles. The maximum absolute atomic E-state index is 11.6. The number of hydrogen-bond donors (Lipinski definition) is 2. The van der Waals surface area contributed by atoms with Gasteiger partial charge in [-0.2, -0.15) is 0 Å². The van der Waals surface area contributed by atoms with Gasteiger partial charge in [-0.15, -0.1) is 0 Å². The Morgan fingerprint density at radius 1 is 1.47 bits per heavy atom. The maximum Gasteiger partial charge on any atom is 0.220 e. The Bertz CT molecular complexity index is 366. The minimum absolute atomic E-state index is 0.0221. The molecule has 0 saturated heterocycles. The summed E-state index contributed by atoms with van der Waals surface area (Å²) in [5, 5.41) is 2.86. The van der Waals surface area contributed by atoms with Gasteiger partial charge >= 0.3 is 0 Å². The van der Waals surface area contributed by atoms with Gasteiger partial charge in [0.1, 0.15) is 5.75 Å². The molecule has 1 rings (SSSR count). The molecule has 1 atom stereocenters. The largest absolute Gasteiger partial charge is 0.496 e. The van der Waals surface area contributed by atoms with Crippen LogP contribution in [0.25, 0.3) is 0 Å². The molecule has 4 heteroatoms. The Hall–Kier alpha value is -1.55. The van der Waals surface area contributed by atoms with Crippen LogP contribution in [0.2, 0.25) is 0 Å². The first-order chi connectivity index (χ1) is 8.17. The fourth-order valence-corrected chi connectivity index (χ4v) is 1.51. The molecular formula is C13H20N2O2. The summed E-state index contributed by atoms with van der Waals surface area (Å²) in [6, 6.07) is 7.64. The molecule has 94 valence electrons. The van der Waals surface area contributed by atoms with Gasteiger partial charge in [0.15, 0.2) is 0 Å². The predicted octanol–water partition coefficient (Wildman–Crippen LogP) is 1.30. The highest BCUT2D eigenvalue weighted by Crippen LogP contribution is 2.16. The third kappa shape index (κ3) is 4.44. The van der Waals surface area contributed by atoms with Crippen LogP contribution in [0.3, 0.4) is 0 Å². The van der Waals surface area contributed by atoms with E-state index in [0.29, 0.717) is 19.5 Å². The highest BCUT2D eigenvalue weighted by atomic mass is 16.5. The smallest absolute Gasteiger partial charge is 0.220 e. The monoisotopic (exact) mass is 236 g/mol. The van der Waals surface area contributed by atoms with Gasteiger partial charge in [0.05, 0.1) is 7.11 Å². The minimum atomic E-state index is 0.0221. The van der Waals surface area contributed by atoms with Crippen LogP contribution in [0, 0.1) is 5.92 Å². The van der Waals surface area contributed by atoms with Crippen molar-refractivity contribution in [2.45, 2.75) is 19.9 Å². The second kappa shape index (κ2) is 6.91. The molecule has 1 aromatic rings. The third-order valence-corrected chi connectivity index (χ3v) is 2.60. The van der Waals surface area contributed by atoms with Crippen molar-refractivity contribution in [1.82, 2.24) is 5.32 Å². The van der Waals surface area contributed by atoms with Crippen LogP contribution in [0.15, 0.2) is 24.3 Å². The second-order valence-electron chi connectivity index (χ2n) is 4.13. The number of methoxy groups -OCH3 is 1. The van der Waals surface area contributed by atoms with E-state index in [-0.39, 0.29) is 11.8 Å². The Balaban J connectivity index is 2.47. The van der Waals surface area contributed by atoms with Crippen LogP contribution in [0.5, 0.6) is 5.75 Å². The molecule has 0 spiro atoms. The zero-order chi connectivity index (χ0) is 12.7. The summed E-state index contributed by atoms with van der Waals surface area (Å²) < 4.78 is 5.21. The number of nitrogens with one attached hydrogen (secondary N) is 1. The Labute approximate surface area is 102 Å². The van der Waals surface area contributed by atoms with E-state index in [1.165, 1.54) is 0 Å². The molecule has 1 amide bonds. The molecule has 0 aliphatic heterocycles. The van der Waals surface area contributed by atoms with Crippen LogP contribution in [-0.4, -0.2) is 19.6 Å². The number of carbonyl (C=O) groups excluding carboxylic acids is 1. The van der Waals surface area contributed by atoms with Crippen LogP contribution in [0.1, 0.15) is 18.9 Å². The molecule has 0 aromatic heterocycles. The van der Waals surface area contributed by atoms with Crippen molar-refractivity contribution in [3.8, 4) is 5.75 Å². The number of benzene rings is 1. The molecule has 0 bridgehead atoms. The molecule has 1 aromatic carbocycles.